The van der Waals surface area contributed by atoms with E-state index >= 15 is 0 Å². The van der Waals surface area contributed by atoms with Crippen LogP contribution in [0.2, 0.25) is 0 Å². The molecule has 0 bridgehead atoms. The Kier molecular flexibility index (Phi) is 4.45. The van der Waals surface area contributed by atoms with Crippen molar-refractivity contribution < 1.29 is 4.79 Å². The molecule has 0 aliphatic rings. The maximum atomic E-state index is 12.8. The first-order valence-corrected chi connectivity index (χ1v) is 8.52. The summed E-state index contributed by atoms with van der Waals surface area (Å²) in [5, 5.41) is 7.47. The van der Waals surface area contributed by atoms with Gasteiger partial charge in [0.15, 0.2) is 5.82 Å². The van der Waals surface area contributed by atoms with E-state index in [0.29, 0.717) is 17.3 Å². The predicted molar refractivity (Wildman–Crippen MR) is 104 cm³/mol. The summed E-state index contributed by atoms with van der Waals surface area (Å²) in [6.45, 7) is 1.90. The molecule has 0 unspecified atom stereocenters. The molecule has 0 fully saturated rings. The van der Waals surface area contributed by atoms with Gasteiger partial charge in [0.05, 0.1) is 5.69 Å². The first-order valence-electron chi connectivity index (χ1n) is 8.52. The predicted octanol–water partition coefficient (Wildman–Crippen LogP) is 3.89. The minimum atomic E-state index is -0.223. The number of carbonyl (C=O) groups excluding carboxylic acids is 1. The molecule has 27 heavy (non-hydrogen) atoms. The number of amides is 1. The molecule has 0 aliphatic heterocycles. The van der Waals surface area contributed by atoms with Crippen LogP contribution in [0.25, 0.3) is 17.1 Å². The van der Waals surface area contributed by atoms with Gasteiger partial charge in [-0.3, -0.25) is 15.1 Å². The van der Waals surface area contributed by atoms with Crippen LogP contribution in [0.3, 0.4) is 0 Å². The monoisotopic (exact) mass is 355 g/mol. The van der Waals surface area contributed by atoms with E-state index in [-0.39, 0.29) is 5.91 Å². The number of hydrogen-bond acceptors (Lipinski definition) is 4. The van der Waals surface area contributed by atoms with Crippen molar-refractivity contribution >= 4 is 11.9 Å². The number of aryl methyl sites for hydroxylation is 1. The molecule has 1 N–H and O–H groups in total. The lowest BCUT2D eigenvalue weighted by atomic mass is 10.1. The van der Waals surface area contributed by atoms with Gasteiger partial charge in [0.25, 0.3) is 5.91 Å². The first-order chi connectivity index (χ1) is 13.2. The zero-order chi connectivity index (χ0) is 18.6. The highest BCUT2D eigenvalue weighted by molar-refractivity contribution is 6.04. The van der Waals surface area contributed by atoms with Crippen molar-refractivity contribution in [3.63, 3.8) is 0 Å². The minimum absolute atomic E-state index is 0.223. The van der Waals surface area contributed by atoms with Gasteiger partial charge in [0, 0.05) is 23.5 Å². The number of rotatable bonds is 4. The van der Waals surface area contributed by atoms with Crippen LogP contribution in [0.1, 0.15) is 15.9 Å². The van der Waals surface area contributed by atoms with Crippen molar-refractivity contribution in [3.05, 3.63) is 90.3 Å². The van der Waals surface area contributed by atoms with Gasteiger partial charge in [-0.25, -0.2) is 0 Å². The zero-order valence-electron chi connectivity index (χ0n) is 14.7. The van der Waals surface area contributed by atoms with Crippen LogP contribution in [-0.4, -0.2) is 25.7 Å². The van der Waals surface area contributed by atoms with Gasteiger partial charge in [-0.05, 0) is 42.8 Å². The van der Waals surface area contributed by atoms with Crippen molar-refractivity contribution in [2.24, 2.45) is 0 Å². The molecule has 1 amide bonds. The third-order valence-corrected chi connectivity index (χ3v) is 4.16. The smallest absolute Gasteiger partial charge is 0.258 e. The summed E-state index contributed by atoms with van der Waals surface area (Å²) in [5.41, 5.74) is 3.14. The summed E-state index contributed by atoms with van der Waals surface area (Å²) >= 11 is 0. The molecule has 0 atom stereocenters. The van der Waals surface area contributed by atoms with E-state index in [4.69, 9.17) is 0 Å². The second kappa shape index (κ2) is 7.21. The van der Waals surface area contributed by atoms with E-state index in [1.165, 1.54) is 0 Å². The molecule has 6 heteroatoms. The average molecular weight is 355 g/mol. The van der Waals surface area contributed by atoms with E-state index in [2.05, 4.69) is 20.4 Å². The standard InChI is InChI=1S/C21H17N5O/c1-15-7-5-6-10-18(15)20(27)24-21-23-19(16-11-13-22-14-12-16)25-26(21)17-8-3-2-4-9-17/h2-14H,1H3,(H,23,24,25,27). The van der Waals surface area contributed by atoms with Crippen LogP contribution in [0.5, 0.6) is 0 Å². The first kappa shape index (κ1) is 16.7. The molecule has 0 aliphatic carbocycles. The molecule has 4 aromatic rings. The number of carbonyl (C=O) groups is 1. The Bertz CT molecular complexity index is 1070. The van der Waals surface area contributed by atoms with Crippen molar-refractivity contribution in [3.8, 4) is 17.1 Å². The van der Waals surface area contributed by atoms with Crippen LogP contribution in [0.4, 0.5) is 5.95 Å². The van der Waals surface area contributed by atoms with E-state index in [0.717, 1.165) is 16.8 Å². The van der Waals surface area contributed by atoms with Gasteiger partial charge in [0.1, 0.15) is 0 Å². The summed E-state index contributed by atoms with van der Waals surface area (Å²) in [7, 11) is 0. The van der Waals surface area contributed by atoms with E-state index in [1.54, 1.807) is 23.1 Å². The Morgan fingerprint density at radius 1 is 0.926 bits per heavy atom. The van der Waals surface area contributed by atoms with E-state index in [1.807, 2.05) is 67.6 Å². The van der Waals surface area contributed by atoms with Crippen molar-refractivity contribution in [1.82, 2.24) is 19.7 Å². The molecular formula is C21H17N5O. The molecule has 132 valence electrons. The Labute approximate surface area is 156 Å². The second-order valence-corrected chi connectivity index (χ2v) is 6.01. The summed E-state index contributed by atoms with van der Waals surface area (Å²) in [5.74, 6) is 0.654. The highest BCUT2D eigenvalue weighted by atomic mass is 16.1. The molecule has 6 nitrogen and oxygen atoms in total. The van der Waals surface area contributed by atoms with Crippen LogP contribution in [0, 0.1) is 6.92 Å². The number of nitrogens with zero attached hydrogens (tertiary/aromatic N) is 4. The fraction of sp³-hybridized carbons (Fsp3) is 0.0476. The Hall–Kier alpha value is -3.80. The minimum Gasteiger partial charge on any atom is -0.290 e. The van der Waals surface area contributed by atoms with Gasteiger partial charge in [-0.15, -0.1) is 5.10 Å². The maximum Gasteiger partial charge on any atom is 0.258 e. The fourth-order valence-corrected chi connectivity index (χ4v) is 2.76. The third-order valence-electron chi connectivity index (χ3n) is 4.16. The summed E-state index contributed by atoms with van der Waals surface area (Å²) in [4.78, 5) is 21.3. The highest BCUT2D eigenvalue weighted by Gasteiger charge is 2.17. The highest BCUT2D eigenvalue weighted by Crippen LogP contribution is 2.21. The van der Waals surface area contributed by atoms with Gasteiger partial charge in [-0.2, -0.15) is 9.67 Å². The Morgan fingerprint density at radius 2 is 1.63 bits per heavy atom. The summed E-state index contributed by atoms with van der Waals surface area (Å²) in [6.07, 6.45) is 3.37. The maximum absolute atomic E-state index is 12.8. The SMILES string of the molecule is Cc1ccccc1C(=O)Nc1nc(-c2ccncc2)nn1-c1ccccc1. The number of pyridine rings is 1. The summed E-state index contributed by atoms with van der Waals surface area (Å²) in [6, 6.07) is 20.7. The molecule has 2 aromatic carbocycles. The second-order valence-electron chi connectivity index (χ2n) is 6.01. The number of benzene rings is 2. The normalized spacial score (nSPS) is 10.6. The lowest BCUT2D eigenvalue weighted by molar-refractivity contribution is 0.102. The largest absolute Gasteiger partial charge is 0.290 e. The summed E-state index contributed by atoms with van der Waals surface area (Å²) < 4.78 is 1.63. The molecular weight excluding hydrogens is 338 g/mol. The van der Waals surface area contributed by atoms with E-state index in [9.17, 15) is 4.79 Å². The molecule has 0 spiro atoms. The molecule has 0 saturated carbocycles. The van der Waals surface area contributed by atoms with Crippen LogP contribution >= 0.6 is 0 Å². The fourth-order valence-electron chi connectivity index (χ4n) is 2.76. The number of nitrogens with one attached hydrogen (secondary N) is 1. The van der Waals surface area contributed by atoms with Gasteiger partial charge in [0.2, 0.25) is 5.95 Å². The Morgan fingerprint density at radius 3 is 2.37 bits per heavy atom. The quantitative estimate of drug-likeness (QED) is 0.603. The third kappa shape index (κ3) is 3.46. The lowest BCUT2D eigenvalue weighted by Gasteiger charge is -2.08. The molecule has 4 rings (SSSR count). The molecule has 0 saturated heterocycles. The van der Waals surface area contributed by atoms with Crippen LogP contribution in [0.15, 0.2) is 79.1 Å². The van der Waals surface area contributed by atoms with Crippen molar-refractivity contribution in [1.29, 1.82) is 0 Å². The number of aromatic nitrogens is 4. The van der Waals surface area contributed by atoms with Crippen molar-refractivity contribution in [2.75, 3.05) is 5.32 Å². The van der Waals surface area contributed by atoms with Crippen LogP contribution < -0.4 is 5.32 Å². The zero-order valence-corrected chi connectivity index (χ0v) is 14.7. The van der Waals surface area contributed by atoms with Crippen molar-refractivity contribution in [2.45, 2.75) is 6.92 Å². The number of para-hydroxylation sites is 1. The number of anilines is 1. The van der Waals surface area contributed by atoms with E-state index < -0.39 is 0 Å². The molecule has 2 aromatic heterocycles. The molecule has 0 radical (unpaired) electrons. The number of hydrogen-bond donors (Lipinski definition) is 1. The average Bonchev–Trinajstić information content (AvgIpc) is 3.13. The Balaban J connectivity index is 1.76. The van der Waals surface area contributed by atoms with Crippen LogP contribution in [-0.2, 0) is 0 Å². The van der Waals surface area contributed by atoms with Gasteiger partial charge < -0.3 is 0 Å². The molecule has 2 heterocycles. The van der Waals surface area contributed by atoms with Gasteiger partial charge in [-0.1, -0.05) is 36.4 Å². The lowest BCUT2D eigenvalue weighted by Crippen LogP contribution is -2.16. The topological polar surface area (TPSA) is 72.7 Å². The van der Waals surface area contributed by atoms with Gasteiger partial charge >= 0.3 is 0 Å².